The van der Waals surface area contributed by atoms with Gasteiger partial charge in [0, 0.05) is 12.6 Å². The van der Waals surface area contributed by atoms with Gasteiger partial charge in [0.25, 0.3) is 0 Å². The molecule has 1 saturated carbocycles. The summed E-state index contributed by atoms with van der Waals surface area (Å²) in [6.45, 7) is 6.76. The van der Waals surface area contributed by atoms with Crippen molar-refractivity contribution in [3.05, 3.63) is 22.4 Å². The molecule has 100 valence electrons. The van der Waals surface area contributed by atoms with E-state index in [4.69, 9.17) is 5.73 Å². The number of nitrogens with two attached hydrogens (primary N) is 1. The van der Waals surface area contributed by atoms with Gasteiger partial charge in [0.2, 0.25) is 5.91 Å². The molecule has 0 spiro atoms. The molecule has 1 atom stereocenters. The zero-order valence-electron chi connectivity index (χ0n) is 11.3. The monoisotopic (exact) mass is 266 g/mol. The molecule has 18 heavy (non-hydrogen) atoms. The van der Waals surface area contributed by atoms with Crippen molar-refractivity contribution in [1.29, 1.82) is 0 Å². The van der Waals surface area contributed by atoms with Crippen LogP contribution in [0, 0.1) is 5.41 Å². The fourth-order valence-electron chi connectivity index (χ4n) is 1.90. The van der Waals surface area contributed by atoms with Crippen LogP contribution in [0.3, 0.4) is 0 Å². The summed E-state index contributed by atoms with van der Waals surface area (Å²) < 4.78 is 0. The first kappa shape index (κ1) is 13.6. The van der Waals surface area contributed by atoms with Gasteiger partial charge in [-0.2, -0.15) is 11.3 Å². The molecule has 0 aliphatic heterocycles. The molecule has 1 fully saturated rings. The SMILES string of the molecule is CC(C)(C)[C@H](N)C(=O)N(Cc1ccsc1)C1CC1. The second kappa shape index (κ2) is 5.02. The Hall–Kier alpha value is -0.870. The third-order valence-corrected chi connectivity index (χ3v) is 4.13. The largest absolute Gasteiger partial charge is 0.334 e. The molecule has 0 aromatic carbocycles. The minimum atomic E-state index is -0.420. The predicted molar refractivity (Wildman–Crippen MR) is 75.3 cm³/mol. The summed E-state index contributed by atoms with van der Waals surface area (Å²) in [7, 11) is 0. The Balaban J connectivity index is 2.08. The van der Waals surface area contributed by atoms with Crippen LogP contribution in [0.15, 0.2) is 16.8 Å². The van der Waals surface area contributed by atoms with E-state index in [0.717, 1.165) is 12.8 Å². The van der Waals surface area contributed by atoms with Crippen LogP contribution in [0.1, 0.15) is 39.2 Å². The lowest BCUT2D eigenvalue weighted by Gasteiger charge is -2.32. The lowest BCUT2D eigenvalue weighted by molar-refractivity contribution is -0.136. The maximum absolute atomic E-state index is 12.5. The molecule has 4 heteroatoms. The number of carbonyl (C=O) groups is 1. The van der Waals surface area contributed by atoms with Crippen molar-refractivity contribution in [2.75, 3.05) is 0 Å². The Morgan fingerprint density at radius 2 is 2.22 bits per heavy atom. The first-order chi connectivity index (χ1) is 8.39. The van der Waals surface area contributed by atoms with Gasteiger partial charge in [-0.05, 0) is 40.6 Å². The van der Waals surface area contributed by atoms with Gasteiger partial charge in [-0.25, -0.2) is 0 Å². The van der Waals surface area contributed by atoms with E-state index in [1.807, 2.05) is 25.7 Å². The molecule has 0 unspecified atom stereocenters. The van der Waals surface area contributed by atoms with E-state index >= 15 is 0 Å². The molecule has 0 radical (unpaired) electrons. The van der Waals surface area contributed by atoms with E-state index in [9.17, 15) is 4.79 Å². The van der Waals surface area contributed by atoms with E-state index in [-0.39, 0.29) is 11.3 Å². The van der Waals surface area contributed by atoms with Gasteiger partial charge in [0.15, 0.2) is 0 Å². The van der Waals surface area contributed by atoms with Crippen molar-refractivity contribution >= 4 is 17.2 Å². The van der Waals surface area contributed by atoms with Gasteiger partial charge < -0.3 is 10.6 Å². The first-order valence-electron chi connectivity index (χ1n) is 6.46. The van der Waals surface area contributed by atoms with Gasteiger partial charge in [-0.1, -0.05) is 20.8 Å². The van der Waals surface area contributed by atoms with Crippen LogP contribution in [0.4, 0.5) is 0 Å². The van der Waals surface area contributed by atoms with Crippen LogP contribution < -0.4 is 5.73 Å². The van der Waals surface area contributed by atoms with Crippen molar-refractivity contribution in [2.24, 2.45) is 11.1 Å². The number of hydrogen-bond acceptors (Lipinski definition) is 3. The van der Waals surface area contributed by atoms with E-state index in [1.165, 1.54) is 5.56 Å². The van der Waals surface area contributed by atoms with Gasteiger partial charge in [-0.15, -0.1) is 0 Å². The number of thiophene rings is 1. The molecule has 1 aromatic rings. The van der Waals surface area contributed by atoms with Gasteiger partial charge >= 0.3 is 0 Å². The molecule has 1 aliphatic rings. The molecule has 0 saturated heterocycles. The Morgan fingerprint density at radius 1 is 1.56 bits per heavy atom. The fraction of sp³-hybridized carbons (Fsp3) is 0.643. The lowest BCUT2D eigenvalue weighted by atomic mass is 9.86. The maximum Gasteiger partial charge on any atom is 0.240 e. The third kappa shape index (κ3) is 3.12. The Kier molecular flexibility index (Phi) is 3.78. The Morgan fingerprint density at radius 3 is 2.67 bits per heavy atom. The van der Waals surface area contributed by atoms with Crippen molar-refractivity contribution in [3.8, 4) is 0 Å². The van der Waals surface area contributed by atoms with Crippen molar-refractivity contribution in [2.45, 2.75) is 52.2 Å². The second-order valence-corrected chi connectivity index (χ2v) is 6.95. The summed E-state index contributed by atoms with van der Waals surface area (Å²) in [5.74, 6) is 0.0937. The standard InChI is InChI=1S/C14H22N2OS/c1-14(2,3)12(15)13(17)16(11-4-5-11)8-10-6-7-18-9-10/h6-7,9,11-12H,4-5,8,15H2,1-3H3/t12-/m1/s1. The van der Waals surface area contributed by atoms with Crippen molar-refractivity contribution in [1.82, 2.24) is 4.90 Å². The average Bonchev–Trinajstić information content (AvgIpc) is 3.00. The normalized spacial score (nSPS) is 17.6. The summed E-state index contributed by atoms with van der Waals surface area (Å²) in [5.41, 5.74) is 7.13. The van der Waals surface area contributed by atoms with Crippen LogP contribution in [0.2, 0.25) is 0 Å². The molecule has 1 aliphatic carbocycles. The molecule has 1 amide bonds. The number of amides is 1. The Bertz CT molecular complexity index is 404. The van der Waals surface area contributed by atoms with Crippen molar-refractivity contribution < 1.29 is 4.79 Å². The van der Waals surface area contributed by atoms with Crippen LogP contribution in [-0.2, 0) is 11.3 Å². The summed E-state index contributed by atoms with van der Waals surface area (Å²) in [5, 5.41) is 4.15. The number of nitrogens with zero attached hydrogens (tertiary/aromatic N) is 1. The topological polar surface area (TPSA) is 46.3 Å². The summed E-state index contributed by atoms with van der Waals surface area (Å²) >= 11 is 1.67. The molecule has 1 aromatic heterocycles. The minimum absolute atomic E-state index is 0.0937. The summed E-state index contributed by atoms with van der Waals surface area (Å²) in [6.07, 6.45) is 2.24. The second-order valence-electron chi connectivity index (χ2n) is 6.17. The first-order valence-corrected chi connectivity index (χ1v) is 7.41. The summed E-state index contributed by atoms with van der Waals surface area (Å²) in [6, 6.07) is 2.07. The van der Waals surface area contributed by atoms with Gasteiger partial charge in [-0.3, -0.25) is 4.79 Å². The van der Waals surface area contributed by atoms with Crippen LogP contribution in [0.5, 0.6) is 0 Å². The van der Waals surface area contributed by atoms with Crippen LogP contribution in [-0.4, -0.2) is 22.9 Å². The number of hydrogen-bond donors (Lipinski definition) is 1. The number of rotatable bonds is 4. The highest BCUT2D eigenvalue weighted by Crippen LogP contribution is 2.31. The van der Waals surface area contributed by atoms with Crippen molar-refractivity contribution in [3.63, 3.8) is 0 Å². The maximum atomic E-state index is 12.5. The Labute approximate surface area is 113 Å². The van der Waals surface area contributed by atoms with Gasteiger partial charge in [0.05, 0.1) is 6.04 Å². The van der Waals surface area contributed by atoms with Gasteiger partial charge in [0.1, 0.15) is 0 Å². The van der Waals surface area contributed by atoms with E-state index in [1.54, 1.807) is 11.3 Å². The molecular formula is C14H22N2OS. The molecular weight excluding hydrogens is 244 g/mol. The molecule has 2 rings (SSSR count). The molecule has 0 bridgehead atoms. The minimum Gasteiger partial charge on any atom is -0.334 e. The molecule has 2 N–H and O–H groups in total. The van der Waals surface area contributed by atoms with E-state index in [0.29, 0.717) is 12.6 Å². The number of carbonyl (C=O) groups excluding carboxylic acids is 1. The highest BCUT2D eigenvalue weighted by molar-refractivity contribution is 7.07. The lowest BCUT2D eigenvalue weighted by Crippen LogP contribution is -2.50. The third-order valence-electron chi connectivity index (χ3n) is 3.40. The summed E-state index contributed by atoms with van der Waals surface area (Å²) in [4.78, 5) is 14.5. The fourth-order valence-corrected chi connectivity index (χ4v) is 2.56. The molecule has 1 heterocycles. The zero-order valence-corrected chi connectivity index (χ0v) is 12.2. The van der Waals surface area contributed by atoms with E-state index < -0.39 is 6.04 Å². The highest BCUT2D eigenvalue weighted by atomic mass is 32.1. The smallest absolute Gasteiger partial charge is 0.240 e. The predicted octanol–water partition coefficient (Wildman–Crippen LogP) is 2.61. The van der Waals surface area contributed by atoms with Crippen LogP contribution >= 0.6 is 11.3 Å². The quantitative estimate of drug-likeness (QED) is 0.910. The highest BCUT2D eigenvalue weighted by Gasteiger charge is 2.38. The average molecular weight is 266 g/mol. The van der Waals surface area contributed by atoms with Crippen LogP contribution in [0.25, 0.3) is 0 Å². The van der Waals surface area contributed by atoms with E-state index in [2.05, 4.69) is 16.8 Å². The molecule has 3 nitrogen and oxygen atoms in total. The zero-order chi connectivity index (χ0) is 13.3.